The van der Waals surface area contributed by atoms with Gasteiger partial charge in [-0.15, -0.1) is 0 Å². The van der Waals surface area contributed by atoms with Crippen LogP contribution in [0.2, 0.25) is 0 Å². The van der Waals surface area contributed by atoms with Crippen LogP contribution < -0.4 is 5.32 Å². The van der Waals surface area contributed by atoms with E-state index in [9.17, 15) is 14.3 Å². The van der Waals surface area contributed by atoms with E-state index < -0.39 is 5.82 Å². The average molecular weight is 432 g/mol. The first kappa shape index (κ1) is 21.6. The molecule has 0 aliphatic rings. The standard InChI is InChI=1S/C26H26FN3O2/c1-15(2)25-19(26(32)28-16(3)18-9-6-5-7-10-18)13-14-21-23(17(4)29-30(21)25)24-20(27)11-8-12-22(24)31/h5-16,31H,1-4H3,(H,28,32)/t16-/m1/s1. The van der Waals surface area contributed by atoms with Crippen LogP contribution in [0.1, 0.15) is 60.0 Å². The van der Waals surface area contributed by atoms with Crippen LogP contribution in [0.5, 0.6) is 5.75 Å². The van der Waals surface area contributed by atoms with Crippen LogP contribution in [0, 0.1) is 12.7 Å². The van der Waals surface area contributed by atoms with Crippen molar-refractivity contribution in [1.82, 2.24) is 14.9 Å². The molecule has 2 N–H and O–H groups in total. The molecule has 32 heavy (non-hydrogen) atoms. The molecule has 4 aromatic rings. The highest BCUT2D eigenvalue weighted by atomic mass is 19.1. The summed E-state index contributed by atoms with van der Waals surface area (Å²) in [7, 11) is 0. The third-order valence-corrected chi connectivity index (χ3v) is 5.69. The Balaban J connectivity index is 1.83. The lowest BCUT2D eigenvalue weighted by atomic mass is 9.99. The van der Waals surface area contributed by atoms with Crippen molar-refractivity contribution in [1.29, 1.82) is 0 Å². The molecular weight excluding hydrogens is 405 g/mol. The van der Waals surface area contributed by atoms with Gasteiger partial charge in [0.05, 0.1) is 34.1 Å². The molecule has 0 radical (unpaired) electrons. The Kier molecular flexibility index (Phi) is 5.70. The van der Waals surface area contributed by atoms with Gasteiger partial charge in [0.25, 0.3) is 5.91 Å². The summed E-state index contributed by atoms with van der Waals surface area (Å²) in [5.74, 6) is -0.886. The number of fused-ring (bicyclic) bond motifs is 1. The number of hydrogen-bond acceptors (Lipinski definition) is 3. The Bertz CT molecular complexity index is 1280. The summed E-state index contributed by atoms with van der Waals surface area (Å²) in [5.41, 5.74) is 4.10. The molecule has 0 saturated heterocycles. The van der Waals surface area contributed by atoms with Crippen molar-refractivity contribution in [3.05, 3.63) is 89.0 Å². The fraction of sp³-hybridized carbons (Fsp3) is 0.231. The summed E-state index contributed by atoms with van der Waals surface area (Å²) >= 11 is 0. The summed E-state index contributed by atoms with van der Waals surface area (Å²) < 4.78 is 16.3. The number of carbonyl (C=O) groups is 1. The van der Waals surface area contributed by atoms with E-state index in [4.69, 9.17) is 0 Å². The van der Waals surface area contributed by atoms with E-state index >= 15 is 0 Å². The van der Waals surface area contributed by atoms with Crippen molar-refractivity contribution in [2.75, 3.05) is 0 Å². The lowest BCUT2D eigenvalue weighted by molar-refractivity contribution is 0.0937. The van der Waals surface area contributed by atoms with E-state index in [1.165, 1.54) is 18.2 Å². The molecule has 0 aliphatic heterocycles. The molecule has 2 heterocycles. The third-order valence-electron chi connectivity index (χ3n) is 5.69. The van der Waals surface area contributed by atoms with Crippen molar-refractivity contribution >= 4 is 11.4 Å². The van der Waals surface area contributed by atoms with Crippen LogP contribution in [0.3, 0.4) is 0 Å². The Morgan fingerprint density at radius 3 is 2.38 bits per heavy atom. The van der Waals surface area contributed by atoms with Crippen LogP contribution >= 0.6 is 0 Å². The fourth-order valence-corrected chi connectivity index (χ4v) is 4.16. The average Bonchev–Trinajstić information content (AvgIpc) is 3.09. The molecule has 0 unspecified atom stereocenters. The van der Waals surface area contributed by atoms with Crippen molar-refractivity contribution < 1.29 is 14.3 Å². The SMILES string of the molecule is Cc1nn2c(C(C)C)c(C(=O)N[C@H](C)c3ccccc3)ccc2c1-c1c(O)cccc1F. The number of aromatic nitrogens is 2. The Morgan fingerprint density at radius 1 is 1.00 bits per heavy atom. The van der Waals surface area contributed by atoms with Crippen molar-refractivity contribution in [3.8, 4) is 16.9 Å². The zero-order valence-corrected chi connectivity index (χ0v) is 18.6. The molecule has 2 aromatic heterocycles. The number of aryl methyl sites for hydroxylation is 1. The van der Waals surface area contributed by atoms with E-state index in [1.54, 1.807) is 23.6 Å². The maximum Gasteiger partial charge on any atom is 0.253 e. The molecule has 5 nitrogen and oxygen atoms in total. The van der Waals surface area contributed by atoms with Gasteiger partial charge in [-0.05, 0) is 49.6 Å². The van der Waals surface area contributed by atoms with E-state index in [2.05, 4.69) is 10.4 Å². The second-order valence-electron chi connectivity index (χ2n) is 8.28. The molecule has 6 heteroatoms. The van der Waals surface area contributed by atoms with Gasteiger partial charge in [-0.1, -0.05) is 50.2 Å². The molecule has 0 aliphatic carbocycles. The van der Waals surface area contributed by atoms with Crippen molar-refractivity contribution in [3.63, 3.8) is 0 Å². The molecule has 0 spiro atoms. The van der Waals surface area contributed by atoms with Gasteiger partial charge in [-0.3, -0.25) is 4.79 Å². The number of phenols is 1. The number of carbonyl (C=O) groups excluding carboxylic acids is 1. The minimum absolute atomic E-state index is 0.0205. The number of aromatic hydroxyl groups is 1. The van der Waals surface area contributed by atoms with Gasteiger partial charge in [0, 0.05) is 5.56 Å². The third kappa shape index (κ3) is 3.73. The Labute approximate surface area is 186 Å². The quantitative estimate of drug-likeness (QED) is 0.422. The number of nitrogens with one attached hydrogen (secondary N) is 1. The fourth-order valence-electron chi connectivity index (χ4n) is 4.16. The summed E-state index contributed by atoms with van der Waals surface area (Å²) in [6, 6.07) is 17.3. The zero-order valence-electron chi connectivity index (χ0n) is 18.6. The van der Waals surface area contributed by atoms with Crippen LogP contribution in [0.25, 0.3) is 16.6 Å². The smallest absolute Gasteiger partial charge is 0.253 e. The van der Waals surface area contributed by atoms with Crippen LogP contribution in [-0.2, 0) is 0 Å². The summed E-state index contributed by atoms with van der Waals surface area (Å²) in [5, 5.41) is 18.0. The predicted molar refractivity (Wildman–Crippen MR) is 123 cm³/mol. The first-order valence-electron chi connectivity index (χ1n) is 10.7. The highest BCUT2D eigenvalue weighted by molar-refractivity contribution is 5.97. The molecule has 2 aromatic carbocycles. The van der Waals surface area contributed by atoms with Crippen LogP contribution in [0.4, 0.5) is 4.39 Å². The van der Waals surface area contributed by atoms with Gasteiger partial charge in [0.15, 0.2) is 0 Å². The molecule has 0 bridgehead atoms. The van der Waals surface area contributed by atoms with E-state index in [0.717, 1.165) is 11.3 Å². The lowest BCUT2D eigenvalue weighted by Crippen LogP contribution is -2.28. The molecule has 1 atom stereocenters. The zero-order chi connectivity index (χ0) is 23.0. The number of nitrogens with zero attached hydrogens (tertiary/aromatic N) is 2. The minimum Gasteiger partial charge on any atom is -0.507 e. The van der Waals surface area contributed by atoms with E-state index in [-0.39, 0.29) is 29.2 Å². The predicted octanol–water partition coefficient (Wildman–Crippen LogP) is 5.77. The number of rotatable bonds is 5. The molecule has 4 rings (SSSR count). The first-order chi connectivity index (χ1) is 15.3. The lowest BCUT2D eigenvalue weighted by Gasteiger charge is -2.18. The maximum absolute atomic E-state index is 14.6. The van der Waals surface area contributed by atoms with Gasteiger partial charge in [-0.25, -0.2) is 8.91 Å². The first-order valence-corrected chi connectivity index (χ1v) is 10.7. The maximum atomic E-state index is 14.6. The van der Waals surface area contributed by atoms with Gasteiger partial charge in [0.2, 0.25) is 0 Å². The molecule has 1 amide bonds. The van der Waals surface area contributed by atoms with E-state index in [0.29, 0.717) is 22.3 Å². The topological polar surface area (TPSA) is 66.6 Å². The number of hydrogen-bond donors (Lipinski definition) is 2. The molecule has 0 saturated carbocycles. The second-order valence-corrected chi connectivity index (χ2v) is 8.28. The largest absolute Gasteiger partial charge is 0.507 e. The summed E-state index contributed by atoms with van der Waals surface area (Å²) in [6.45, 7) is 7.69. The molecular formula is C26H26FN3O2. The highest BCUT2D eigenvalue weighted by Gasteiger charge is 2.24. The monoisotopic (exact) mass is 431 g/mol. The Hall–Kier alpha value is -3.67. The van der Waals surface area contributed by atoms with Gasteiger partial charge in [0.1, 0.15) is 11.6 Å². The van der Waals surface area contributed by atoms with Gasteiger partial charge < -0.3 is 10.4 Å². The highest BCUT2D eigenvalue weighted by Crippen LogP contribution is 2.38. The summed E-state index contributed by atoms with van der Waals surface area (Å²) in [4.78, 5) is 13.2. The molecule has 0 fully saturated rings. The van der Waals surface area contributed by atoms with Crippen LogP contribution in [-0.4, -0.2) is 20.6 Å². The number of halogens is 1. The number of phenolic OH excluding ortho intramolecular Hbond substituents is 1. The van der Waals surface area contributed by atoms with Crippen LogP contribution in [0.15, 0.2) is 60.7 Å². The number of amides is 1. The molecule has 164 valence electrons. The summed E-state index contributed by atoms with van der Waals surface area (Å²) in [6.07, 6.45) is 0. The number of benzene rings is 2. The van der Waals surface area contributed by atoms with Gasteiger partial charge >= 0.3 is 0 Å². The normalized spacial score (nSPS) is 12.3. The minimum atomic E-state index is -0.521. The Morgan fingerprint density at radius 2 is 1.72 bits per heavy atom. The van der Waals surface area contributed by atoms with Crippen molar-refractivity contribution in [2.45, 2.75) is 39.7 Å². The van der Waals surface area contributed by atoms with E-state index in [1.807, 2.05) is 51.1 Å². The van der Waals surface area contributed by atoms with Gasteiger partial charge in [-0.2, -0.15) is 5.10 Å². The van der Waals surface area contributed by atoms with Crippen molar-refractivity contribution in [2.24, 2.45) is 0 Å². The second kappa shape index (κ2) is 8.46. The number of pyridine rings is 1.